The monoisotopic (exact) mass is 169 g/mol. The molecule has 0 heterocycles. The molecule has 0 aliphatic carbocycles. The Morgan fingerprint density at radius 1 is 1.78 bits per heavy atom. The molecule has 0 fully saturated rings. The first-order chi connectivity index (χ1) is 3.92. The minimum atomic E-state index is -4.13. The van der Waals surface area contributed by atoms with Crippen molar-refractivity contribution in [3.05, 3.63) is 11.1 Å². The van der Waals surface area contributed by atoms with E-state index in [-0.39, 0.29) is 0 Å². The maximum absolute atomic E-state index is 9.88. The van der Waals surface area contributed by atoms with Gasteiger partial charge < -0.3 is 4.55 Å². The van der Waals surface area contributed by atoms with Crippen molar-refractivity contribution < 1.29 is 13.0 Å². The van der Waals surface area contributed by atoms with Crippen LogP contribution in [0.5, 0.6) is 0 Å². The van der Waals surface area contributed by atoms with Gasteiger partial charge in [-0.15, -0.1) is 0 Å². The average molecular weight is 170 g/mol. The van der Waals surface area contributed by atoms with Crippen molar-refractivity contribution in [1.29, 1.82) is 0 Å². The molecule has 0 radical (unpaired) electrons. The number of hydrogen-bond acceptors (Lipinski definition) is 3. The molecule has 9 heavy (non-hydrogen) atoms. The second-order valence-corrected chi connectivity index (χ2v) is 3.56. The third-order valence-electron chi connectivity index (χ3n) is 0.569. The molecule has 0 unspecified atom stereocenters. The lowest BCUT2D eigenvalue weighted by Crippen LogP contribution is -2.00. The van der Waals surface area contributed by atoms with Crippen molar-refractivity contribution >= 4 is 21.7 Å². The molecule has 0 N–H and O–H groups in total. The maximum Gasteiger partial charge on any atom is 0.0982 e. The lowest BCUT2D eigenvalue weighted by molar-refractivity contribution is 0.466. The third-order valence-corrected chi connectivity index (χ3v) is 1.30. The number of allylic oxidation sites excluding steroid dienone is 1. The van der Waals surface area contributed by atoms with Gasteiger partial charge in [-0.05, 0) is 6.92 Å². The Morgan fingerprint density at radius 3 is 2.33 bits per heavy atom. The minimum absolute atomic E-state index is 0.314. The summed E-state index contributed by atoms with van der Waals surface area (Å²) in [6.45, 7) is 1.51. The van der Waals surface area contributed by atoms with Crippen LogP contribution in [-0.4, -0.2) is 18.7 Å². The van der Waals surface area contributed by atoms with Gasteiger partial charge in [0.15, 0.2) is 0 Å². The van der Waals surface area contributed by atoms with Crippen molar-refractivity contribution in [2.24, 2.45) is 0 Å². The molecule has 0 bridgehead atoms. The van der Waals surface area contributed by atoms with E-state index in [1.165, 1.54) is 6.92 Å². The van der Waals surface area contributed by atoms with Gasteiger partial charge >= 0.3 is 0 Å². The van der Waals surface area contributed by atoms with Gasteiger partial charge in [0.2, 0.25) is 0 Å². The smallest absolute Gasteiger partial charge is 0.0982 e. The molecule has 5 heteroatoms. The van der Waals surface area contributed by atoms with E-state index in [1.807, 2.05) is 0 Å². The Kier molecular flexibility index (Phi) is 3.17. The van der Waals surface area contributed by atoms with E-state index < -0.39 is 15.9 Å². The SMILES string of the molecule is CC(Cl)=CCS(=O)(=O)[O-]. The summed E-state index contributed by atoms with van der Waals surface area (Å²) in [6, 6.07) is 0. The van der Waals surface area contributed by atoms with Gasteiger partial charge in [0.05, 0.1) is 15.9 Å². The van der Waals surface area contributed by atoms with Crippen LogP contribution < -0.4 is 0 Å². The summed E-state index contributed by atoms with van der Waals surface area (Å²) < 4.78 is 29.6. The van der Waals surface area contributed by atoms with Crippen LogP contribution in [0.2, 0.25) is 0 Å². The van der Waals surface area contributed by atoms with E-state index in [9.17, 15) is 13.0 Å². The first kappa shape index (κ1) is 8.94. The van der Waals surface area contributed by atoms with E-state index in [0.29, 0.717) is 5.03 Å². The van der Waals surface area contributed by atoms with Crippen LogP contribution in [-0.2, 0) is 10.1 Å². The Labute approximate surface area is 59.1 Å². The zero-order chi connectivity index (χ0) is 7.49. The second kappa shape index (κ2) is 3.20. The first-order valence-electron chi connectivity index (χ1n) is 2.17. The fraction of sp³-hybridized carbons (Fsp3) is 0.500. The van der Waals surface area contributed by atoms with Crippen LogP contribution in [0.15, 0.2) is 11.1 Å². The summed E-state index contributed by atoms with van der Waals surface area (Å²) in [7, 11) is -4.13. The van der Waals surface area contributed by atoms with Crippen molar-refractivity contribution in [2.45, 2.75) is 6.92 Å². The Bertz CT molecular complexity index is 200. The highest BCUT2D eigenvalue weighted by Gasteiger charge is 1.88. The Morgan fingerprint density at radius 2 is 2.22 bits per heavy atom. The Hall–Kier alpha value is -0.0600. The first-order valence-corrected chi connectivity index (χ1v) is 4.13. The summed E-state index contributed by atoms with van der Waals surface area (Å²) in [5.41, 5.74) is 0. The van der Waals surface area contributed by atoms with Gasteiger partial charge in [0, 0.05) is 5.03 Å². The normalized spacial score (nSPS) is 13.9. The molecule has 0 aromatic rings. The molecule has 0 spiro atoms. The van der Waals surface area contributed by atoms with Gasteiger partial charge in [-0.1, -0.05) is 17.7 Å². The second-order valence-electron chi connectivity index (χ2n) is 1.52. The van der Waals surface area contributed by atoms with Crippen LogP contribution in [0.1, 0.15) is 6.92 Å². The van der Waals surface area contributed by atoms with Crippen molar-refractivity contribution in [2.75, 3.05) is 5.75 Å². The highest BCUT2D eigenvalue weighted by atomic mass is 35.5. The molecule has 0 atom stereocenters. The largest absolute Gasteiger partial charge is 0.748 e. The maximum atomic E-state index is 9.88. The van der Waals surface area contributed by atoms with Gasteiger partial charge in [-0.25, -0.2) is 8.42 Å². The topological polar surface area (TPSA) is 57.2 Å². The summed E-state index contributed by atoms with van der Waals surface area (Å²) in [5, 5.41) is 0.314. The zero-order valence-corrected chi connectivity index (χ0v) is 6.37. The summed E-state index contributed by atoms with van der Waals surface area (Å²) >= 11 is 5.24. The standard InChI is InChI=1S/C4H7ClO3S/c1-4(5)2-3-9(6,7)8/h2H,3H2,1H3,(H,6,7,8)/p-1. The van der Waals surface area contributed by atoms with Gasteiger partial charge in [-0.2, -0.15) is 0 Å². The van der Waals surface area contributed by atoms with Crippen molar-refractivity contribution in [3.63, 3.8) is 0 Å². The summed E-state index contributed by atoms with van der Waals surface area (Å²) in [4.78, 5) is 0. The fourth-order valence-corrected chi connectivity index (χ4v) is 0.840. The molecular formula is C4H6ClO3S-. The summed E-state index contributed by atoms with van der Waals surface area (Å²) in [5.74, 6) is -0.525. The van der Waals surface area contributed by atoms with E-state index in [0.717, 1.165) is 6.08 Å². The predicted octanol–water partition coefficient (Wildman–Crippen LogP) is 0.674. The molecule has 3 nitrogen and oxygen atoms in total. The molecular weight excluding hydrogens is 164 g/mol. The highest BCUT2D eigenvalue weighted by Crippen LogP contribution is 1.97. The van der Waals surface area contributed by atoms with E-state index in [1.54, 1.807) is 0 Å². The molecule has 0 aliphatic rings. The molecule has 0 rings (SSSR count). The summed E-state index contributed by atoms with van der Waals surface area (Å²) in [6.07, 6.45) is 1.16. The molecule has 54 valence electrons. The average Bonchev–Trinajstić information content (AvgIpc) is 1.59. The van der Waals surface area contributed by atoms with E-state index in [2.05, 4.69) is 0 Å². The number of rotatable bonds is 2. The van der Waals surface area contributed by atoms with Crippen LogP contribution in [0, 0.1) is 0 Å². The predicted molar refractivity (Wildman–Crippen MR) is 34.2 cm³/mol. The highest BCUT2D eigenvalue weighted by molar-refractivity contribution is 7.85. The number of halogens is 1. The van der Waals surface area contributed by atoms with Crippen LogP contribution in [0.25, 0.3) is 0 Å². The molecule has 0 saturated heterocycles. The van der Waals surface area contributed by atoms with Crippen molar-refractivity contribution in [3.8, 4) is 0 Å². The number of hydrogen-bond donors (Lipinski definition) is 0. The van der Waals surface area contributed by atoms with E-state index in [4.69, 9.17) is 11.6 Å². The lowest BCUT2D eigenvalue weighted by atomic mass is 10.6. The minimum Gasteiger partial charge on any atom is -0.748 e. The molecule has 0 saturated carbocycles. The molecule has 0 aromatic heterocycles. The van der Waals surface area contributed by atoms with Gasteiger partial charge in [-0.3, -0.25) is 0 Å². The Balaban J connectivity index is 3.95. The van der Waals surface area contributed by atoms with Gasteiger partial charge in [0.25, 0.3) is 0 Å². The quantitative estimate of drug-likeness (QED) is 0.571. The lowest BCUT2D eigenvalue weighted by Gasteiger charge is -2.00. The van der Waals surface area contributed by atoms with Crippen molar-refractivity contribution in [1.82, 2.24) is 0 Å². The van der Waals surface area contributed by atoms with Crippen LogP contribution in [0.3, 0.4) is 0 Å². The third kappa shape index (κ3) is 7.94. The van der Waals surface area contributed by atoms with Gasteiger partial charge in [0.1, 0.15) is 0 Å². The van der Waals surface area contributed by atoms with Crippen LogP contribution in [0.4, 0.5) is 0 Å². The zero-order valence-electron chi connectivity index (χ0n) is 4.80. The van der Waals surface area contributed by atoms with E-state index >= 15 is 0 Å². The molecule has 0 aromatic carbocycles. The fourth-order valence-electron chi connectivity index (χ4n) is 0.217. The van der Waals surface area contributed by atoms with Crippen LogP contribution >= 0.6 is 11.6 Å². The molecule has 0 amide bonds. The molecule has 0 aliphatic heterocycles.